The summed E-state index contributed by atoms with van der Waals surface area (Å²) >= 11 is 0. The van der Waals surface area contributed by atoms with Crippen LogP contribution in [0.25, 0.3) is 22.0 Å². The first-order chi connectivity index (χ1) is 15.0. The second-order valence-corrected chi connectivity index (χ2v) is 8.82. The lowest BCUT2D eigenvalue weighted by Gasteiger charge is -2.41. The van der Waals surface area contributed by atoms with Crippen molar-refractivity contribution in [3.63, 3.8) is 0 Å². The topological polar surface area (TPSA) is 42.1 Å². The Labute approximate surface area is 180 Å². The maximum Gasteiger partial charge on any atom is 0.163 e. The van der Waals surface area contributed by atoms with Gasteiger partial charge in [-0.05, 0) is 55.7 Å². The summed E-state index contributed by atoms with van der Waals surface area (Å²) in [5, 5.41) is 10.3. The molecule has 6 nitrogen and oxygen atoms in total. The van der Waals surface area contributed by atoms with Crippen molar-refractivity contribution in [2.75, 3.05) is 23.4 Å². The standard InChI is InChI=1S/C24H25FN6/c1-15-13-30(24-20-8-5-18(25)11-22(20)29(3)27-24)23-10-16(4-9-21(23)28(15)2)17-12-26-31(14-17)19-6-7-19/h4-5,8-12,14-15,19H,6-7,13H2,1-3H3. The van der Waals surface area contributed by atoms with Crippen LogP contribution in [0.15, 0.2) is 48.8 Å². The molecule has 0 bridgehead atoms. The average molecular weight is 417 g/mol. The Bertz CT molecular complexity index is 1300. The summed E-state index contributed by atoms with van der Waals surface area (Å²) in [4.78, 5) is 4.59. The number of aryl methyl sites for hydroxylation is 1. The van der Waals surface area contributed by atoms with Crippen molar-refractivity contribution in [3.8, 4) is 11.1 Å². The molecule has 31 heavy (non-hydrogen) atoms. The third-order valence-corrected chi connectivity index (χ3v) is 6.66. The summed E-state index contributed by atoms with van der Waals surface area (Å²) in [6, 6.07) is 12.4. The van der Waals surface area contributed by atoms with E-state index < -0.39 is 0 Å². The van der Waals surface area contributed by atoms with Gasteiger partial charge in [0.25, 0.3) is 0 Å². The largest absolute Gasteiger partial charge is 0.368 e. The predicted molar refractivity (Wildman–Crippen MR) is 121 cm³/mol. The highest BCUT2D eigenvalue weighted by Crippen LogP contribution is 2.43. The van der Waals surface area contributed by atoms with Gasteiger partial charge in [0.15, 0.2) is 5.82 Å². The van der Waals surface area contributed by atoms with Gasteiger partial charge in [0.1, 0.15) is 5.82 Å². The van der Waals surface area contributed by atoms with Gasteiger partial charge < -0.3 is 9.80 Å². The molecule has 6 rings (SSSR count). The van der Waals surface area contributed by atoms with Gasteiger partial charge in [-0.15, -0.1) is 0 Å². The normalized spacial score (nSPS) is 18.6. The van der Waals surface area contributed by atoms with Crippen LogP contribution >= 0.6 is 0 Å². The molecule has 4 aromatic rings. The van der Waals surface area contributed by atoms with Gasteiger partial charge in [-0.3, -0.25) is 9.36 Å². The average Bonchev–Trinajstić information content (AvgIpc) is 3.41. The molecule has 1 saturated carbocycles. The van der Waals surface area contributed by atoms with Crippen LogP contribution in [0.5, 0.6) is 0 Å². The summed E-state index contributed by atoms with van der Waals surface area (Å²) in [7, 11) is 4.01. The number of likely N-dealkylation sites (N-methyl/N-ethyl adjacent to an activating group) is 1. The van der Waals surface area contributed by atoms with Crippen LogP contribution in [0.3, 0.4) is 0 Å². The highest BCUT2D eigenvalue weighted by molar-refractivity contribution is 5.95. The zero-order valence-corrected chi connectivity index (χ0v) is 18.0. The van der Waals surface area contributed by atoms with Gasteiger partial charge >= 0.3 is 0 Å². The molecule has 1 aliphatic carbocycles. The van der Waals surface area contributed by atoms with Gasteiger partial charge in [-0.2, -0.15) is 10.2 Å². The third-order valence-electron chi connectivity index (χ3n) is 6.66. The second-order valence-electron chi connectivity index (χ2n) is 8.82. The van der Waals surface area contributed by atoms with Gasteiger partial charge in [-0.25, -0.2) is 4.39 Å². The number of hydrogen-bond acceptors (Lipinski definition) is 4. The van der Waals surface area contributed by atoms with E-state index in [1.807, 2.05) is 19.3 Å². The summed E-state index contributed by atoms with van der Waals surface area (Å²) in [5.41, 5.74) is 5.35. The van der Waals surface area contributed by atoms with Crippen molar-refractivity contribution in [3.05, 3.63) is 54.6 Å². The number of fused-ring (bicyclic) bond motifs is 2. The van der Waals surface area contributed by atoms with E-state index in [0.717, 1.165) is 45.8 Å². The van der Waals surface area contributed by atoms with Crippen LogP contribution in [-0.4, -0.2) is 39.2 Å². The lowest BCUT2D eigenvalue weighted by molar-refractivity contribution is 0.628. The smallest absolute Gasteiger partial charge is 0.163 e. The Morgan fingerprint density at radius 1 is 1.00 bits per heavy atom. The molecule has 1 unspecified atom stereocenters. The molecule has 1 atom stereocenters. The zero-order valence-electron chi connectivity index (χ0n) is 18.0. The lowest BCUT2D eigenvalue weighted by atomic mass is 10.0. The number of halogens is 1. The first kappa shape index (κ1) is 18.4. The molecule has 0 radical (unpaired) electrons. The number of aromatic nitrogens is 4. The molecule has 0 spiro atoms. The molecule has 1 fully saturated rings. The minimum absolute atomic E-state index is 0.246. The third kappa shape index (κ3) is 2.91. The van der Waals surface area contributed by atoms with E-state index in [0.29, 0.717) is 12.1 Å². The first-order valence-corrected chi connectivity index (χ1v) is 10.8. The second kappa shape index (κ2) is 6.57. The van der Waals surface area contributed by atoms with E-state index in [4.69, 9.17) is 5.10 Å². The Balaban J connectivity index is 1.49. The highest BCUT2D eigenvalue weighted by atomic mass is 19.1. The number of benzene rings is 2. The lowest BCUT2D eigenvalue weighted by Crippen LogP contribution is -2.43. The van der Waals surface area contributed by atoms with Crippen LogP contribution in [0.1, 0.15) is 25.8 Å². The molecule has 2 aromatic heterocycles. The fourth-order valence-corrected chi connectivity index (χ4v) is 4.58. The first-order valence-electron chi connectivity index (χ1n) is 10.8. The minimum Gasteiger partial charge on any atom is -0.368 e. The number of hydrogen-bond donors (Lipinski definition) is 0. The van der Waals surface area contributed by atoms with Crippen LogP contribution in [0, 0.1) is 5.82 Å². The molecule has 1 aliphatic heterocycles. The van der Waals surface area contributed by atoms with Gasteiger partial charge in [-0.1, -0.05) is 6.07 Å². The van der Waals surface area contributed by atoms with Gasteiger partial charge in [0.2, 0.25) is 0 Å². The summed E-state index contributed by atoms with van der Waals surface area (Å²) in [5.74, 6) is 0.619. The maximum atomic E-state index is 13.9. The number of nitrogens with zero attached hydrogens (tertiary/aromatic N) is 6. The molecule has 2 aromatic carbocycles. The molecule has 0 amide bonds. The molecule has 7 heteroatoms. The zero-order chi connectivity index (χ0) is 21.3. The number of rotatable bonds is 3. The highest BCUT2D eigenvalue weighted by Gasteiger charge is 2.30. The Morgan fingerprint density at radius 3 is 2.65 bits per heavy atom. The van der Waals surface area contributed by atoms with Crippen molar-refractivity contribution in [1.29, 1.82) is 0 Å². The summed E-state index contributed by atoms with van der Waals surface area (Å²) in [6.07, 6.45) is 6.54. The Hall–Kier alpha value is -3.35. The summed E-state index contributed by atoms with van der Waals surface area (Å²) < 4.78 is 17.7. The maximum absolute atomic E-state index is 13.9. The minimum atomic E-state index is -0.246. The molecule has 0 N–H and O–H groups in total. The van der Waals surface area contributed by atoms with E-state index in [1.165, 1.54) is 18.9 Å². The summed E-state index contributed by atoms with van der Waals surface area (Å²) in [6.45, 7) is 3.02. The van der Waals surface area contributed by atoms with Gasteiger partial charge in [0.05, 0.1) is 29.1 Å². The molecule has 158 valence electrons. The van der Waals surface area contributed by atoms with Crippen molar-refractivity contribution < 1.29 is 4.39 Å². The fourth-order valence-electron chi connectivity index (χ4n) is 4.58. The molecule has 0 saturated heterocycles. The van der Waals surface area contributed by atoms with E-state index in [9.17, 15) is 4.39 Å². The monoisotopic (exact) mass is 416 g/mol. The molecular formula is C24H25FN6. The predicted octanol–water partition coefficient (Wildman–Crippen LogP) is 4.89. The van der Waals surface area contributed by atoms with E-state index in [-0.39, 0.29) is 5.82 Å². The van der Waals surface area contributed by atoms with E-state index >= 15 is 0 Å². The van der Waals surface area contributed by atoms with E-state index in [2.05, 4.69) is 57.9 Å². The Kier molecular flexibility index (Phi) is 3.91. The SMILES string of the molecule is CC1CN(c2nn(C)c3cc(F)ccc23)c2cc(-c3cnn(C4CC4)c3)ccc2N1C. The molecular weight excluding hydrogens is 391 g/mol. The van der Waals surface area contributed by atoms with Crippen LogP contribution in [0.2, 0.25) is 0 Å². The molecule has 2 aliphatic rings. The van der Waals surface area contributed by atoms with Crippen molar-refractivity contribution in [2.24, 2.45) is 7.05 Å². The molecule has 3 heterocycles. The quantitative estimate of drug-likeness (QED) is 0.477. The van der Waals surface area contributed by atoms with Gasteiger partial charge in [0, 0.05) is 43.8 Å². The number of anilines is 3. The Morgan fingerprint density at radius 2 is 1.84 bits per heavy atom. The van der Waals surface area contributed by atoms with Crippen molar-refractivity contribution in [2.45, 2.75) is 31.8 Å². The van der Waals surface area contributed by atoms with Crippen LogP contribution < -0.4 is 9.80 Å². The fraction of sp³-hybridized carbons (Fsp3) is 0.333. The van der Waals surface area contributed by atoms with E-state index in [1.54, 1.807) is 10.7 Å². The van der Waals surface area contributed by atoms with Crippen LogP contribution in [-0.2, 0) is 7.05 Å². The van der Waals surface area contributed by atoms with Crippen LogP contribution in [0.4, 0.5) is 21.6 Å². The van der Waals surface area contributed by atoms with Crippen molar-refractivity contribution in [1.82, 2.24) is 19.6 Å². The van der Waals surface area contributed by atoms with Crippen molar-refractivity contribution >= 4 is 28.1 Å².